The van der Waals surface area contributed by atoms with Gasteiger partial charge in [-0.1, -0.05) is 91.0 Å². The monoisotopic (exact) mass is 610 g/mol. The van der Waals surface area contributed by atoms with Gasteiger partial charge in [-0.15, -0.1) is 0 Å². The van der Waals surface area contributed by atoms with E-state index in [9.17, 15) is 10.5 Å². The molecule has 0 N–H and O–H groups in total. The van der Waals surface area contributed by atoms with Crippen LogP contribution in [0.2, 0.25) is 0 Å². The smallest absolute Gasteiger partial charge is 0.0998 e. The van der Waals surface area contributed by atoms with Gasteiger partial charge in [-0.25, -0.2) is 0 Å². The lowest BCUT2D eigenvalue weighted by molar-refractivity contribution is 1.17. The summed E-state index contributed by atoms with van der Waals surface area (Å²) in [5, 5.41) is 24.5. The molecule has 9 rings (SSSR count). The first-order valence-corrected chi connectivity index (χ1v) is 15.9. The van der Waals surface area contributed by atoms with E-state index in [1.807, 2.05) is 24.3 Å². The van der Waals surface area contributed by atoms with Gasteiger partial charge in [0.25, 0.3) is 0 Å². The molecule has 0 unspecified atom stereocenters. The minimum Gasteiger partial charge on any atom is -0.309 e. The fourth-order valence-electron chi connectivity index (χ4n) is 7.28. The van der Waals surface area contributed by atoms with E-state index >= 15 is 0 Å². The lowest BCUT2D eigenvalue weighted by Gasteiger charge is -2.16. The Balaban J connectivity index is 1.30. The number of benzene rings is 7. The molecule has 9 aromatic rings. The molecule has 4 heteroatoms. The van der Waals surface area contributed by atoms with Crippen molar-refractivity contribution in [2.24, 2.45) is 0 Å². The van der Waals surface area contributed by atoms with Crippen molar-refractivity contribution in [3.63, 3.8) is 0 Å². The molecule has 0 spiro atoms. The van der Waals surface area contributed by atoms with Crippen molar-refractivity contribution in [2.45, 2.75) is 0 Å². The summed E-state index contributed by atoms with van der Waals surface area (Å²) in [7, 11) is 0. The van der Waals surface area contributed by atoms with Crippen LogP contribution in [-0.2, 0) is 0 Å². The Morgan fingerprint density at radius 1 is 0.375 bits per heavy atom. The zero-order chi connectivity index (χ0) is 32.2. The molecule has 2 heterocycles. The van der Waals surface area contributed by atoms with Crippen LogP contribution in [0.15, 0.2) is 158 Å². The molecule has 0 amide bonds. The zero-order valence-corrected chi connectivity index (χ0v) is 25.8. The van der Waals surface area contributed by atoms with Gasteiger partial charge < -0.3 is 9.13 Å². The molecule has 0 fully saturated rings. The Hall–Kier alpha value is -6.88. The van der Waals surface area contributed by atoms with Crippen molar-refractivity contribution in [1.29, 1.82) is 10.5 Å². The molecule has 2 aromatic heterocycles. The van der Waals surface area contributed by atoms with Gasteiger partial charge in [0.2, 0.25) is 0 Å². The van der Waals surface area contributed by atoms with E-state index in [1.165, 1.54) is 32.6 Å². The second kappa shape index (κ2) is 10.9. The summed E-state index contributed by atoms with van der Waals surface area (Å²) in [6.07, 6.45) is 0. The first kappa shape index (κ1) is 27.4. The van der Waals surface area contributed by atoms with Crippen molar-refractivity contribution in [3.05, 3.63) is 169 Å². The van der Waals surface area contributed by atoms with E-state index in [2.05, 4.69) is 143 Å². The summed E-state index contributed by atoms with van der Waals surface area (Å²) < 4.78 is 4.69. The minimum atomic E-state index is 0.522. The maximum atomic E-state index is 10.0. The molecule has 0 bridgehead atoms. The third kappa shape index (κ3) is 4.14. The number of aromatic nitrogens is 2. The summed E-state index contributed by atoms with van der Waals surface area (Å²) in [5.74, 6) is 0. The minimum absolute atomic E-state index is 0.522. The third-order valence-corrected chi connectivity index (χ3v) is 9.40. The molecule has 48 heavy (non-hydrogen) atoms. The van der Waals surface area contributed by atoms with E-state index in [0.29, 0.717) is 11.1 Å². The van der Waals surface area contributed by atoms with Crippen LogP contribution in [0.3, 0.4) is 0 Å². The predicted octanol–water partition coefficient (Wildman–Crippen LogP) is 11.0. The first-order valence-electron chi connectivity index (χ1n) is 15.9. The quantitative estimate of drug-likeness (QED) is 0.199. The van der Waals surface area contributed by atoms with Gasteiger partial charge in [0.15, 0.2) is 0 Å². The number of rotatable bonds is 4. The Morgan fingerprint density at radius 2 is 0.917 bits per heavy atom. The Kier molecular flexibility index (Phi) is 6.22. The van der Waals surface area contributed by atoms with Gasteiger partial charge in [-0.05, 0) is 83.4 Å². The van der Waals surface area contributed by atoms with Crippen molar-refractivity contribution in [3.8, 4) is 45.8 Å². The van der Waals surface area contributed by atoms with Crippen molar-refractivity contribution < 1.29 is 0 Å². The average molecular weight is 611 g/mol. The van der Waals surface area contributed by atoms with Gasteiger partial charge >= 0.3 is 0 Å². The Morgan fingerprint density at radius 3 is 1.54 bits per heavy atom. The topological polar surface area (TPSA) is 57.4 Å². The standard InChI is InChI=1S/C44H26N4/c45-27-29-18-19-31(28-46)38(24-29)34-22-20-32(25-39(34)30-10-2-1-3-11-30)48-43-17-9-6-14-37(43)40-26-33(21-23-44(40)48)47-41-15-7-4-12-35(41)36-13-5-8-16-42(36)47/h1-26H. The van der Waals surface area contributed by atoms with Crippen LogP contribution < -0.4 is 0 Å². The predicted molar refractivity (Wildman–Crippen MR) is 195 cm³/mol. The second-order valence-electron chi connectivity index (χ2n) is 12.0. The van der Waals surface area contributed by atoms with E-state index in [1.54, 1.807) is 12.1 Å². The number of nitriles is 2. The summed E-state index contributed by atoms with van der Waals surface area (Å²) in [5.41, 5.74) is 11.5. The highest BCUT2D eigenvalue weighted by atomic mass is 15.0. The molecule has 0 saturated heterocycles. The molecular weight excluding hydrogens is 585 g/mol. The van der Waals surface area contributed by atoms with Gasteiger partial charge in [-0.2, -0.15) is 10.5 Å². The van der Waals surface area contributed by atoms with Crippen LogP contribution in [0.4, 0.5) is 0 Å². The highest BCUT2D eigenvalue weighted by Gasteiger charge is 2.19. The number of fused-ring (bicyclic) bond motifs is 6. The SMILES string of the molecule is N#Cc1ccc(C#N)c(-c2ccc(-n3c4ccccc4c4cc(-n5c6ccccc6c6ccccc65)ccc43)cc2-c2ccccc2)c1. The van der Waals surface area contributed by atoms with E-state index in [4.69, 9.17) is 0 Å². The normalized spacial score (nSPS) is 11.3. The van der Waals surface area contributed by atoms with Crippen LogP contribution in [0.1, 0.15) is 11.1 Å². The number of para-hydroxylation sites is 3. The summed E-state index contributed by atoms with van der Waals surface area (Å²) in [6.45, 7) is 0. The van der Waals surface area contributed by atoms with Gasteiger partial charge in [0.05, 0.1) is 45.3 Å². The van der Waals surface area contributed by atoms with Crippen molar-refractivity contribution >= 4 is 43.6 Å². The van der Waals surface area contributed by atoms with E-state index in [-0.39, 0.29) is 0 Å². The van der Waals surface area contributed by atoms with Crippen molar-refractivity contribution in [1.82, 2.24) is 9.13 Å². The molecule has 0 radical (unpaired) electrons. The van der Waals surface area contributed by atoms with Crippen LogP contribution in [0.5, 0.6) is 0 Å². The van der Waals surface area contributed by atoms with E-state index in [0.717, 1.165) is 44.7 Å². The van der Waals surface area contributed by atoms with Crippen LogP contribution in [-0.4, -0.2) is 9.13 Å². The van der Waals surface area contributed by atoms with Crippen LogP contribution >= 0.6 is 0 Å². The average Bonchev–Trinajstić information content (AvgIpc) is 3.67. The molecule has 222 valence electrons. The largest absolute Gasteiger partial charge is 0.309 e. The molecule has 0 aliphatic carbocycles. The summed E-state index contributed by atoms with van der Waals surface area (Å²) >= 11 is 0. The molecule has 0 saturated carbocycles. The fraction of sp³-hybridized carbons (Fsp3) is 0. The molecule has 4 nitrogen and oxygen atoms in total. The fourth-order valence-corrected chi connectivity index (χ4v) is 7.28. The number of hydrogen-bond donors (Lipinski definition) is 0. The second-order valence-corrected chi connectivity index (χ2v) is 12.0. The molecule has 7 aromatic carbocycles. The molecule has 0 aliphatic rings. The lowest BCUT2D eigenvalue weighted by Crippen LogP contribution is -1.98. The Labute approximate surface area is 277 Å². The number of hydrogen-bond acceptors (Lipinski definition) is 2. The van der Waals surface area contributed by atoms with Crippen molar-refractivity contribution in [2.75, 3.05) is 0 Å². The third-order valence-electron chi connectivity index (χ3n) is 9.40. The molecule has 0 aliphatic heterocycles. The maximum Gasteiger partial charge on any atom is 0.0998 e. The van der Waals surface area contributed by atoms with E-state index < -0.39 is 0 Å². The first-order chi connectivity index (χ1) is 23.7. The summed E-state index contributed by atoms with van der Waals surface area (Å²) in [6, 6.07) is 59.0. The number of nitrogens with zero attached hydrogens (tertiary/aromatic N) is 4. The van der Waals surface area contributed by atoms with Gasteiger partial charge in [0.1, 0.15) is 0 Å². The lowest BCUT2D eigenvalue weighted by atomic mass is 9.90. The Bertz CT molecular complexity index is 2750. The highest BCUT2D eigenvalue weighted by Crippen LogP contribution is 2.40. The molecule has 0 atom stereocenters. The molecular formula is C44H26N4. The van der Waals surface area contributed by atoms with Crippen LogP contribution in [0, 0.1) is 22.7 Å². The van der Waals surface area contributed by atoms with Gasteiger partial charge in [0, 0.05) is 38.5 Å². The summed E-state index contributed by atoms with van der Waals surface area (Å²) in [4.78, 5) is 0. The van der Waals surface area contributed by atoms with Crippen LogP contribution in [0.25, 0.3) is 77.2 Å². The highest BCUT2D eigenvalue weighted by molar-refractivity contribution is 6.12. The maximum absolute atomic E-state index is 10.0. The van der Waals surface area contributed by atoms with Gasteiger partial charge in [-0.3, -0.25) is 0 Å². The zero-order valence-electron chi connectivity index (χ0n) is 25.8.